The van der Waals surface area contributed by atoms with E-state index in [9.17, 15) is 9.90 Å². The number of carbonyl (C=O) groups is 1. The highest BCUT2D eigenvalue weighted by atomic mass is 16.3. The van der Waals surface area contributed by atoms with Crippen LogP contribution in [-0.4, -0.2) is 37.9 Å². The van der Waals surface area contributed by atoms with Crippen LogP contribution in [0.25, 0.3) is 0 Å². The van der Waals surface area contributed by atoms with E-state index in [0.29, 0.717) is 6.54 Å². The van der Waals surface area contributed by atoms with Crippen LogP contribution in [0.3, 0.4) is 0 Å². The summed E-state index contributed by atoms with van der Waals surface area (Å²) in [4.78, 5) is 15.4. The molecule has 18 heavy (non-hydrogen) atoms. The highest BCUT2D eigenvalue weighted by molar-refractivity contribution is 5.75. The van der Waals surface area contributed by atoms with Gasteiger partial charge in [-0.25, -0.2) is 9.67 Å². The molecule has 0 aliphatic heterocycles. The van der Waals surface area contributed by atoms with E-state index in [1.165, 1.54) is 11.0 Å². The van der Waals surface area contributed by atoms with Gasteiger partial charge in [-0.3, -0.25) is 4.79 Å². The number of hydrogen-bond acceptors (Lipinski definition) is 5. The summed E-state index contributed by atoms with van der Waals surface area (Å²) in [6.07, 6.45) is 6.11. The van der Waals surface area contributed by atoms with E-state index < -0.39 is 5.60 Å². The number of nitrogens with two attached hydrogens (primary N) is 1. The lowest BCUT2D eigenvalue weighted by molar-refractivity contribution is -0.123. The van der Waals surface area contributed by atoms with Crippen LogP contribution in [0.1, 0.15) is 32.1 Å². The number of anilines is 1. The van der Waals surface area contributed by atoms with Gasteiger partial charge in [0.2, 0.25) is 11.9 Å². The molecule has 0 saturated heterocycles. The van der Waals surface area contributed by atoms with Crippen LogP contribution in [0.2, 0.25) is 0 Å². The largest absolute Gasteiger partial charge is 0.388 e. The smallest absolute Gasteiger partial charge is 0.241 e. The molecule has 1 saturated carbocycles. The highest BCUT2D eigenvalue weighted by Gasteiger charge is 2.29. The summed E-state index contributed by atoms with van der Waals surface area (Å²) in [5.74, 6) is -0.0485. The highest BCUT2D eigenvalue weighted by Crippen LogP contribution is 2.27. The molecule has 0 unspecified atom stereocenters. The van der Waals surface area contributed by atoms with Crippen molar-refractivity contribution in [2.24, 2.45) is 0 Å². The van der Waals surface area contributed by atoms with Gasteiger partial charge in [0.1, 0.15) is 12.9 Å². The van der Waals surface area contributed by atoms with E-state index in [0.717, 1.165) is 32.1 Å². The number of nitrogen functional groups attached to an aromatic ring is 1. The van der Waals surface area contributed by atoms with Crippen LogP contribution >= 0.6 is 0 Å². The zero-order valence-corrected chi connectivity index (χ0v) is 10.3. The molecule has 4 N–H and O–H groups in total. The number of aromatic nitrogens is 3. The Kier molecular flexibility index (Phi) is 3.81. The van der Waals surface area contributed by atoms with Crippen molar-refractivity contribution < 1.29 is 9.90 Å². The van der Waals surface area contributed by atoms with Gasteiger partial charge in [-0.1, -0.05) is 19.3 Å². The predicted molar refractivity (Wildman–Crippen MR) is 65.5 cm³/mol. The maximum absolute atomic E-state index is 11.7. The van der Waals surface area contributed by atoms with E-state index in [2.05, 4.69) is 15.4 Å². The molecule has 7 nitrogen and oxygen atoms in total. The molecule has 1 amide bonds. The Bertz CT molecular complexity index is 411. The van der Waals surface area contributed by atoms with Gasteiger partial charge in [-0.05, 0) is 12.8 Å². The van der Waals surface area contributed by atoms with Gasteiger partial charge in [0.25, 0.3) is 0 Å². The molecule has 2 rings (SSSR count). The topological polar surface area (TPSA) is 106 Å². The standard InChI is InChI=1S/C11H19N5O2/c12-10-14-8-16(15-10)6-9(17)13-7-11(18)4-2-1-3-5-11/h8,18H,1-7H2,(H2,12,15)(H,13,17). The minimum Gasteiger partial charge on any atom is -0.388 e. The minimum atomic E-state index is -0.741. The maximum Gasteiger partial charge on any atom is 0.241 e. The molecule has 1 fully saturated rings. The fourth-order valence-corrected chi connectivity index (χ4v) is 2.24. The quantitative estimate of drug-likeness (QED) is 0.681. The first-order valence-electron chi connectivity index (χ1n) is 6.21. The Morgan fingerprint density at radius 2 is 2.22 bits per heavy atom. The van der Waals surface area contributed by atoms with Gasteiger partial charge < -0.3 is 16.2 Å². The third kappa shape index (κ3) is 3.43. The van der Waals surface area contributed by atoms with Crippen molar-refractivity contribution in [1.29, 1.82) is 0 Å². The van der Waals surface area contributed by atoms with Crippen molar-refractivity contribution >= 4 is 11.9 Å². The molecule has 1 aromatic rings. The lowest BCUT2D eigenvalue weighted by Gasteiger charge is -2.32. The van der Waals surface area contributed by atoms with Gasteiger partial charge in [0.05, 0.1) is 5.60 Å². The van der Waals surface area contributed by atoms with Crippen LogP contribution in [0.5, 0.6) is 0 Å². The molecule has 1 heterocycles. The van der Waals surface area contributed by atoms with Gasteiger partial charge in [-0.15, -0.1) is 5.10 Å². The first-order valence-corrected chi connectivity index (χ1v) is 6.21. The summed E-state index contributed by atoms with van der Waals surface area (Å²) in [7, 11) is 0. The lowest BCUT2D eigenvalue weighted by atomic mass is 9.85. The fourth-order valence-electron chi connectivity index (χ4n) is 2.24. The monoisotopic (exact) mass is 253 g/mol. The molecule has 1 aliphatic carbocycles. The Hall–Kier alpha value is -1.63. The fraction of sp³-hybridized carbons (Fsp3) is 0.727. The number of nitrogens with zero attached hydrogens (tertiary/aromatic N) is 3. The van der Waals surface area contributed by atoms with Crippen LogP contribution in [0.15, 0.2) is 6.33 Å². The number of nitrogens with one attached hydrogen (secondary N) is 1. The molecular weight excluding hydrogens is 234 g/mol. The van der Waals surface area contributed by atoms with Crippen LogP contribution < -0.4 is 11.1 Å². The summed E-state index contributed by atoms with van der Waals surface area (Å²) in [5.41, 5.74) is 4.61. The second-order valence-electron chi connectivity index (χ2n) is 4.86. The lowest BCUT2D eigenvalue weighted by Crippen LogP contribution is -2.45. The molecule has 0 atom stereocenters. The van der Waals surface area contributed by atoms with Crippen LogP contribution in [0.4, 0.5) is 5.95 Å². The minimum absolute atomic E-state index is 0.0697. The van der Waals surface area contributed by atoms with Crippen molar-refractivity contribution in [3.05, 3.63) is 6.33 Å². The van der Waals surface area contributed by atoms with Gasteiger partial charge in [0, 0.05) is 6.54 Å². The SMILES string of the molecule is Nc1ncn(CC(=O)NCC2(O)CCCCC2)n1. The third-order valence-electron chi connectivity index (χ3n) is 3.26. The third-order valence-corrected chi connectivity index (χ3v) is 3.26. The van der Waals surface area contributed by atoms with Crippen molar-refractivity contribution in [2.75, 3.05) is 12.3 Å². The van der Waals surface area contributed by atoms with Crippen molar-refractivity contribution in [2.45, 2.75) is 44.2 Å². The Morgan fingerprint density at radius 3 is 2.83 bits per heavy atom. The second-order valence-corrected chi connectivity index (χ2v) is 4.86. The van der Waals surface area contributed by atoms with Crippen LogP contribution in [0, 0.1) is 0 Å². The van der Waals surface area contributed by atoms with Crippen molar-refractivity contribution in [1.82, 2.24) is 20.1 Å². The number of rotatable bonds is 4. The molecule has 0 spiro atoms. The molecule has 0 radical (unpaired) electrons. The van der Waals surface area contributed by atoms with E-state index in [4.69, 9.17) is 5.73 Å². The van der Waals surface area contributed by atoms with E-state index in [-0.39, 0.29) is 18.4 Å². The summed E-state index contributed by atoms with van der Waals surface area (Å²) in [6, 6.07) is 0. The van der Waals surface area contributed by atoms with Gasteiger partial charge in [-0.2, -0.15) is 0 Å². The summed E-state index contributed by atoms with van der Waals surface area (Å²) in [6.45, 7) is 0.371. The second kappa shape index (κ2) is 5.34. The Balaban J connectivity index is 1.77. The zero-order chi connectivity index (χ0) is 13.0. The maximum atomic E-state index is 11.7. The Labute approximate surface area is 105 Å². The van der Waals surface area contributed by atoms with Crippen molar-refractivity contribution in [3.8, 4) is 0 Å². The normalized spacial score (nSPS) is 18.5. The molecule has 1 aliphatic rings. The van der Waals surface area contributed by atoms with E-state index in [1.807, 2.05) is 0 Å². The number of amides is 1. The van der Waals surface area contributed by atoms with Gasteiger partial charge >= 0.3 is 0 Å². The zero-order valence-electron chi connectivity index (χ0n) is 10.3. The van der Waals surface area contributed by atoms with E-state index in [1.54, 1.807) is 0 Å². The molecule has 0 aromatic carbocycles. The summed E-state index contributed by atoms with van der Waals surface area (Å²) < 4.78 is 1.37. The average molecular weight is 253 g/mol. The van der Waals surface area contributed by atoms with E-state index >= 15 is 0 Å². The first-order chi connectivity index (χ1) is 8.57. The number of hydrogen-bond donors (Lipinski definition) is 3. The van der Waals surface area contributed by atoms with Gasteiger partial charge in [0.15, 0.2) is 0 Å². The van der Waals surface area contributed by atoms with Crippen LogP contribution in [-0.2, 0) is 11.3 Å². The molecule has 1 aromatic heterocycles. The molecular formula is C11H19N5O2. The molecule has 100 valence electrons. The molecule has 0 bridgehead atoms. The average Bonchev–Trinajstić information content (AvgIpc) is 2.73. The number of aliphatic hydroxyl groups is 1. The number of carbonyl (C=O) groups excluding carboxylic acids is 1. The first kappa shape index (κ1) is 12.8. The Morgan fingerprint density at radius 1 is 1.50 bits per heavy atom. The predicted octanol–water partition coefficient (Wildman–Crippen LogP) is -0.328. The van der Waals surface area contributed by atoms with Crippen molar-refractivity contribution in [3.63, 3.8) is 0 Å². The summed E-state index contributed by atoms with van der Waals surface area (Å²) >= 11 is 0. The molecule has 7 heteroatoms. The summed E-state index contributed by atoms with van der Waals surface area (Å²) in [5, 5.41) is 16.8.